The Morgan fingerprint density at radius 1 is 1.19 bits per heavy atom. The number of fused-ring (bicyclic) bond motifs is 1. The number of ether oxygens (including phenoxy) is 1. The minimum absolute atomic E-state index is 0.0197. The molecule has 8 nitrogen and oxygen atoms in total. The molecule has 12 heteroatoms. The number of amides is 2. The number of nitrogens with two attached hydrogens (primary N) is 1. The van der Waals surface area contributed by atoms with E-state index >= 15 is 4.39 Å². The van der Waals surface area contributed by atoms with E-state index in [-0.39, 0.29) is 57.4 Å². The van der Waals surface area contributed by atoms with E-state index in [9.17, 15) is 19.1 Å². The van der Waals surface area contributed by atoms with Crippen LogP contribution in [0, 0.1) is 24.5 Å². The number of carbonyl (C=O) groups excluding carboxylic acids is 2. The summed E-state index contributed by atoms with van der Waals surface area (Å²) in [6, 6.07) is 8.13. The molecular weight excluding hydrogens is 634 g/mol. The Balaban J connectivity index is 1.57. The molecule has 0 radical (unpaired) electrons. The molecule has 0 unspecified atom stereocenters. The number of benzene rings is 2. The number of pyridine rings is 2. The Morgan fingerprint density at radius 2 is 1.93 bits per heavy atom. The van der Waals surface area contributed by atoms with E-state index in [1.807, 2.05) is 13.0 Å². The lowest BCUT2D eigenvalue weighted by molar-refractivity contribution is 0.00946. The molecule has 4 N–H and O–H groups in total. The molecule has 1 aliphatic carbocycles. The highest BCUT2D eigenvalue weighted by Crippen LogP contribution is 2.47. The summed E-state index contributed by atoms with van der Waals surface area (Å²) < 4.78 is 34.7. The Labute approximate surface area is 253 Å². The quantitative estimate of drug-likeness (QED) is 0.194. The summed E-state index contributed by atoms with van der Waals surface area (Å²) in [5.41, 5.74) is 5.14. The van der Waals surface area contributed by atoms with E-state index < -0.39 is 29.0 Å². The van der Waals surface area contributed by atoms with Crippen LogP contribution in [0.4, 0.5) is 8.78 Å². The zero-order valence-corrected chi connectivity index (χ0v) is 24.9. The minimum atomic E-state index is -1.76. The molecule has 0 spiro atoms. The second-order valence-electron chi connectivity index (χ2n) is 10.2. The summed E-state index contributed by atoms with van der Waals surface area (Å²) in [5.74, 6) is -3.64. The lowest BCUT2D eigenvalue weighted by atomic mass is 9.90. The van der Waals surface area contributed by atoms with Gasteiger partial charge < -0.3 is 20.9 Å². The Bertz CT molecular complexity index is 1750. The molecule has 1 aliphatic rings. The summed E-state index contributed by atoms with van der Waals surface area (Å²) in [4.78, 5) is 34.7. The van der Waals surface area contributed by atoms with Crippen molar-refractivity contribution in [3.8, 4) is 17.0 Å². The first-order chi connectivity index (χ1) is 19.9. The predicted octanol–water partition coefficient (Wildman–Crippen LogP) is 5.82. The molecule has 1 fully saturated rings. The number of nitrogens with one attached hydrogen (secondary N) is 1. The summed E-state index contributed by atoms with van der Waals surface area (Å²) in [6.45, 7) is 3.33. The van der Waals surface area contributed by atoms with Gasteiger partial charge in [0.15, 0.2) is 5.75 Å². The van der Waals surface area contributed by atoms with E-state index in [4.69, 9.17) is 22.1 Å². The normalized spacial score (nSPS) is 14.5. The SMILES string of the molecule is CCOc1c(C(N)=O)cc([C@@](O)(CNC(=O)c2cc(Cl)c3ncc(C)cc3c2)C2CC2)nc1-c1cc(Br)c(F)cc1F. The van der Waals surface area contributed by atoms with Gasteiger partial charge in [0.1, 0.15) is 22.9 Å². The fourth-order valence-corrected chi connectivity index (χ4v) is 5.50. The molecule has 1 atom stereocenters. The molecule has 42 heavy (non-hydrogen) atoms. The number of aryl methyl sites for hydroxylation is 1. The maximum atomic E-state index is 15.1. The fourth-order valence-electron chi connectivity index (χ4n) is 4.88. The van der Waals surface area contributed by atoms with Crippen LogP contribution in [0.5, 0.6) is 5.75 Å². The zero-order chi connectivity index (χ0) is 30.3. The van der Waals surface area contributed by atoms with Crippen molar-refractivity contribution in [2.75, 3.05) is 13.2 Å². The van der Waals surface area contributed by atoms with Crippen LogP contribution >= 0.6 is 27.5 Å². The number of aromatic nitrogens is 2. The van der Waals surface area contributed by atoms with Crippen molar-refractivity contribution in [3.63, 3.8) is 0 Å². The molecule has 5 rings (SSSR count). The van der Waals surface area contributed by atoms with E-state index in [0.29, 0.717) is 34.8 Å². The Morgan fingerprint density at radius 3 is 2.60 bits per heavy atom. The maximum Gasteiger partial charge on any atom is 0.252 e. The van der Waals surface area contributed by atoms with Gasteiger partial charge in [0.05, 0.1) is 39.4 Å². The Kier molecular flexibility index (Phi) is 8.19. The lowest BCUT2D eigenvalue weighted by Crippen LogP contribution is -2.43. The third-order valence-electron chi connectivity index (χ3n) is 7.14. The van der Waals surface area contributed by atoms with Crippen LogP contribution in [-0.2, 0) is 5.60 Å². The van der Waals surface area contributed by atoms with Crippen LogP contribution in [0.2, 0.25) is 5.02 Å². The number of nitrogens with zero attached hydrogens (tertiary/aromatic N) is 2. The van der Waals surface area contributed by atoms with Gasteiger partial charge >= 0.3 is 0 Å². The van der Waals surface area contributed by atoms with Crippen LogP contribution in [0.1, 0.15) is 51.7 Å². The van der Waals surface area contributed by atoms with E-state index in [0.717, 1.165) is 5.56 Å². The summed E-state index contributed by atoms with van der Waals surface area (Å²) in [5, 5.41) is 15.7. The number of rotatable bonds is 9. The van der Waals surface area contributed by atoms with Gasteiger partial charge in [-0.1, -0.05) is 11.6 Å². The molecule has 0 bridgehead atoms. The van der Waals surface area contributed by atoms with Crippen molar-refractivity contribution in [2.45, 2.75) is 32.3 Å². The molecule has 218 valence electrons. The predicted molar refractivity (Wildman–Crippen MR) is 157 cm³/mol. The molecule has 1 saturated carbocycles. The van der Waals surface area contributed by atoms with Crippen LogP contribution < -0.4 is 15.8 Å². The second kappa shape index (κ2) is 11.5. The standard InChI is InChI=1S/C30H26BrClF2N4O4/c1-3-42-27-19(28(35)39)10-24(38-26(27)18-9-20(31)23(34)11-22(18)33)30(41,17-4-5-17)13-37-29(40)16-7-15-6-14(2)12-36-25(15)21(32)8-16/h6-12,17,41H,3-5,13H2,1-2H3,(H2,35,39)(H,37,40)/t30-/m1/s1. The summed E-state index contributed by atoms with van der Waals surface area (Å²) in [7, 11) is 0. The number of hydrogen-bond acceptors (Lipinski definition) is 6. The topological polar surface area (TPSA) is 127 Å². The van der Waals surface area contributed by atoms with Gasteiger partial charge in [-0.2, -0.15) is 0 Å². The van der Waals surface area contributed by atoms with Crippen LogP contribution in [0.25, 0.3) is 22.2 Å². The molecule has 4 aromatic rings. The third-order valence-corrected chi connectivity index (χ3v) is 8.04. The molecule has 2 aromatic heterocycles. The number of primary amides is 1. The van der Waals surface area contributed by atoms with E-state index in [2.05, 4.69) is 31.2 Å². The first-order valence-corrected chi connectivity index (χ1v) is 14.3. The average Bonchev–Trinajstić information content (AvgIpc) is 3.79. The largest absolute Gasteiger partial charge is 0.491 e. The van der Waals surface area contributed by atoms with E-state index in [1.165, 1.54) is 18.2 Å². The maximum absolute atomic E-state index is 15.1. The molecule has 2 heterocycles. The molecule has 0 aliphatic heterocycles. The van der Waals surface area contributed by atoms with Gasteiger partial charge in [0.2, 0.25) is 0 Å². The third kappa shape index (κ3) is 5.68. The highest BCUT2D eigenvalue weighted by molar-refractivity contribution is 9.10. The summed E-state index contributed by atoms with van der Waals surface area (Å²) in [6.07, 6.45) is 2.91. The molecule has 2 amide bonds. The van der Waals surface area contributed by atoms with Gasteiger partial charge in [-0.15, -0.1) is 0 Å². The van der Waals surface area contributed by atoms with Gasteiger partial charge in [-0.05, 0) is 84.4 Å². The monoisotopic (exact) mass is 658 g/mol. The zero-order valence-electron chi connectivity index (χ0n) is 22.6. The average molecular weight is 660 g/mol. The number of carbonyl (C=O) groups is 2. The highest BCUT2D eigenvalue weighted by Gasteiger charge is 2.47. The van der Waals surface area contributed by atoms with Crippen molar-refractivity contribution in [2.24, 2.45) is 11.7 Å². The summed E-state index contributed by atoms with van der Waals surface area (Å²) >= 11 is 9.44. The lowest BCUT2D eigenvalue weighted by Gasteiger charge is -2.29. The first kappa shape index (κ1) is 29.8. The van der Waals surface area contributed by atoms with Crippen LogP contribution in [-0.4, -0.2) is 40.0 Å². The number of halogens is 4. The smallest absolute Gasteiger partial charge is 0.252 e. The molecule has 0 saturated heterocycles. The first-order valence-electron chi connectivity index (χ1n) is 13.1. The van der Waals surface area contributed by atoms with Gasteiger partial charge in [-0.3, -0.25) is 14.6 Å². The second-order valence-corrected chi connectivity index (χ2v) is 11.5. The number of hydrogen-bond donors (Lipinski definition) is 3. The highest BCUT2D eigenvalue weighted by atomic mass is 79.9. The van der Waals surface area contributed by atoms with E-state index in [1.54, 1.807) is 19.2 Å². The molecular formula is C30H26BrClF2N4O4. The van der Waals surface area contributed by atoms with Gasteiger partial charge in [-0.25, -0.2) is 13.8 Å². The van der Waals surface area contributed by atoms with Crippen molar-refractivity contribution in [1.29, 1.82) is 0 Å². The van der Waals surface area contributed by atoms with Crippen molar-refractivity contribution >= 4 is 50.2 Å². The Hall–Kier alpha value is -3.67. The van der Waals surface area contributed by atoms with Gasteiger partial charge in [0, 0.05) is 28.8 Å². The fraction of sp³-hybridized carbons (Fsp3) is 0.267. The van der Waals surface area contributed by atoms with Crippen molar-refractivity contribution < 1.29 is 28.2 Å². The van der Waals surface area contributed by atoms with Gasteiger partial charge in [0.25, 0.3) is 11.8 Å². The minimum Gasteiger partial charge on any atom is -0.491 e. The van der Waals surface area contributed by atoms with Crippen molar-refractivity contribution in [1.82, 2.24) is 15.3 Å². The molecule has 2 aromatic carbocycles. The van der Waals surface area contributed by atoms with Crippen molar-refractivity contribution in [3.05, 3.63) is 86.1 Å². The van der Waals surface area contributed by atoms with Crippen LogP contribution in [0.3, 0.4) is 0 Å². The number of aliphatic hydroxyl groups is 1. The van der Waals surface area contributed by atoms with Crippen LogP contribution in [0.15, 0.2) is 47.1 Å².